The van der Waals surface area contributed by atoms with Gasteiger partial charge in [-0.1, -0.05) is 30.3 Å². The highest BCUT2D eigenvalue weighted by atomic mass is 16.5. The van der Waals surface area contributed by atoms with E-state index >= 15 is 0 Å². The SMILES string of the molecule is COCCn1c(N)c(N(Cc2ccccc2)C(=O)c2ccc(C)nc2)c(=O)[nH]c1=O. The molecule has 0 saturated heterocycles. The third kappa shape index (κ3) is 4.47. The number of anilines is 2. The lowest BCUT2D eigenvalue weighted by Crippen LogP contribution is -2.41. The number of aromatic amines is 1. The second-order valence-corrected chi connectivity index (χ2v) is 6.70. The lowest BCUT2D eigenvalue weighted by molar-refractivity contribution is 0.0984. The molecule has 9 nitrogen and oxygen atoms in total. The Balaban J connectivity index is 2.14. The Morgan fingerprint density at radius 1 is 1.20 bits per heavy atom. The van der Waals surface area contributed by atoms with Crippen LogP contribution in [0.2, 0.25) is 0 Å². The number of nitrogens with zero attached hydrogens (tertiary/aromatic N) is 3. The highest BCUT2D eigenvalue weighted by molar-refractivity contribution is 6.07. The zero-order valence-corrected chi connectivity index (χ0v) is 16.8. The van der Waals surface area contributed by atoms with Crippen LogP contribution in [0.15, 0.2) is 58.3 Å². The molecule has 2 aromatic heterocycles. The predicted molar refractivity (Wildman–Crippen MR) is 114 cm³/mol. The fourth-order valence-electron chi connectivity index (χ4n) is 3.01. The molecule has 156 valence electrons. The van der Waals surface area contributed by atoms with Crippen LogP contribution in [-0.4, -0.2) is 34.2 Å². The molecule has 3 rings (SSSR count). The first-order valence-corrected chi connectivity index (χ1v) is 9.32. The fourth-order valence-corrected chi connectivity index (χ4v) is 3.01. The molecule has 30 heavy (non-hydrogen) atoms. The van der Waals surface area contributed by atoms with E-state index in [4.69, 9.17) is 10.5 Å². The minimum atomic E-state index is -0.740. The van der Waals surface area contributed by atoms with Crippen LogP contribution in [0.5, 0.6) is 0 Å². The molecule has 0 radical (unpaired) electrons. The molecule has 0 saturated carbocycles. The monoisotopic (exact) mass is 409 g/mol. The summed E-state index contributed by atoms with van der Waals surface area (Å²) >= 11 is 0. The van der Waals surface area contributed by atoms with Gasteiger partial charge in [-0.15, -0.1) is 0 Å². The fraction of sp³-hybridized carbons (Fsp3) is 0.238. The third-order valence-electron chi connectivity index (χ3n) is 4.59. The summed E-state index contributed by atoms with van der Waals surface area (Å²) in [5.74, 6) is -0.564. The van der Waals surface area contributed by atoms with Gasteiger partial charge in [0.15, 0.2) is 5.69 Å². The number of H-pyrrole nitrogens is 1. The number of nitrogens with two attached hydrogens (primary N) is 1. The number of nitrogens with one attached hydrogen (secondary N) is 1. The van der Waals surface area contributed by atoms with Crippen LogP contribution in [0.25, 0.3) is 0 Å². The van der Waals surface area contributed by atoms with Crippen molar-refractivity contribution in [3.63, 3.8) is 0 Å². The number of pyridine rings is 1. The Bertz CT molecular complexity index is 1140. The van der Waals surface area contributed by atoms with Gasteiger partial charge < -0.3 is 10.5 Å². The first-order chi connectivity index (χ1) is 14.4. The smallest absolute Gasteiger partial charge is 0.330 e. The second kappa shape index (κ2) is 9.19. The van der Waals surface area contributed by atoms with Gasteiger partial charge in [0, 0.05) is 19.0 Å². The molecular weight excluding hydrogens is 386 g/mol. The average molecular weight is 409 g/mol. The number of amides is 1. The number of aromatic nitrogens is 3. The topological polar surface area (TPSA) is 123 Å². The van der Waals surface area contributed by atoms with Gasteiger partial charge in [0.2, 0.25) is 0 Å². The molecule has 3 N–H and O–H groups in total. The van der Waals surface area contributed by atoms with Gasteiger partial charge in [0.25, 0.3) is 11.5 Å². The van der Waals surface area contributed by atoms with Gasteiger partial charge in [0.05, 0.1) is 25.3 Å². The highest BCUT2D eigenvalue weighted by Gasteiger charge is 2.25. The minimum absolute atomic E-state index is 0.0866. The number of carbonyl (C=O) groups is 1. The number of hydrogen-bond acceptors (Lipinski definition) is 6. The van der Waals surface area contributed by atoms with Crippen molar-refractivity contribution in [1.82, 2.24) is 14.5 Å². The molecule has 0 spiro atoms. The van der Waals surface area contributed by atoms with E-state index in [1.54, 1.807) is 12.1 Å². The minimum Gasteiger partial charge on any atom is -0.383 e. The summed E-state index contributed by atoms with van der Waals surface area (Å²) in [6, 6.07) is 12.5. The van der Waals surface area contributed by atoms with Crippen molar-refractivity contribution in [2.75, 3.05) is 24.4 Å². The van der Waals surface area contributed by atoms with Gasteiger partial charge in [-0.25, -0.2) is 4.79 Å². The lowest BCUT2D eigenvalue weighted by Gasteiger charge is -2.24. The summed E-state index contributed by atoms with van der Waals surface area (Å²) in [6.45, 7) is 2.24. The normalized spacial score (nSPS) is 10.7. The maximum atomic E-state index is 13.3. The van der Waals surface area contributed by atoms with Gasteiger partial charge in [-0.05, 0) is 24.6 Å². The number of methoxy groups -OCH3 is 1. The van der Waals surface area contributed by atoms with Gasteiger partial charge in [-0.2, -0.15) is 0 Å². The Hall–Kier alpha value is -3.72. The van der Waals surface area contributed by atoms with Crippen LogP contribution in [0.1, 0.15) is 21.6 Å². The number of carbonyl (C=O) groups excluding carboxylic acids is 1. The first kappa shape index (κ1) is 21.0. The van der Waals surface area contributed by atoms with Crippen LogP contribution in [0.3, 0.4) is 0 Å². The van der Waals surface area contributed by atoms with Crippen LogP contribution in [-0.2, 0) is 17.8 Å². The molecule has 0 aliphatic carbocycles. The third-order valence-corrected chi connectivity index (χ3v) is 4.59. The lowest BCUT2D eigenvalue weighted by atomic mass is 10.1. The summed E-state index contributed by atoms with van der Waals surface area (Å²) in [4.78, 5) is 46.0. The van der Waals surface area contributed by atoms with Gasteiger partial charge in [-0.3, -0.25) is 29.0 Å². The molecule has 1 amide bonds. The van der Waals surface area contributed by atoms with Crippen LogP contribution in [0, 0.1) is 6.92 Å². The number of ether oxygens (including phenoxy) is 1. The summed E-state index contributed by atoms with van der Waals surface area (Å²) < 4.78 is 6.19. The molecular formula is C21H23N5O4. The average Bonchev–Trinajstić information content (AvgIpc) is 2.73. The maximum absolute atomic E-state index is 13.3. The molecule has 0 fully saturated rings. The Morgan fingerprint density at radius 2 is 1.93 bits per heavy atom. The molecule has 3 aromatic rings. The van der Waals surface area contributed by atoms with Crippen molar-refractivity contribution in [3.05, 3.63) is 86.3 Å². The van der Waals surface area contributed by atoms with Crippen molar-refractivity contribution in [3.8, 4) is 0 Å². The molecule has 0 aliphatic heterocycles. The summed E-state index contributed by atoms with van der Waals surface area (Å²) in [5.41, 5.74) is 6.54. The van der Waals surface area contributed by atoms with Crippen molar-refractivity contribution in [2.24, 2.45) is 0 Å². The zero-order valence-electron chi connectivity index (χ0n) is 16.8. The predicted octanol–water partition coefficient (Wildman–Crippen LogP) is 1.32. The van der Waals surface area contributed by atoms with Crippen molar-refractivity contribution >= 4 is 17.4 Å². The van der Waals surface area contributed by atoms with Crippen LogP contribution < -0.4 is 21.9 Å². The molecule has 9 heteroatoms. The van der Waals surface area contributed by atoms with Crippen molar-refractivity contribution < 1.29 is 9.53 Å². The van der Waals surface area contributed by atoms with E-state index in [1.807, 2.05) is 37.3 Å². The van der Waals surface area contributed by atoms with E-state index in [0.717, 1.165) is 11.3 Å². The molecule has 0 bridgehead atoms. The molecule has 1 aromatic carbocycles. The van der Waals surface area contributed by atoms with Crippen LogP contribution in [0.4, 0.5) is 11.5 Å². The zero-order chi connectivity index (χ0) is 21.7. The second-order valence-electron chi connectivity index (χ2n) is 6.70. The van der Waals surface area contributed by atoms with Crippen molar-refractivity contribution in [2.45, 2.75) is 20.0 Å². The largest absolute Gasteiger partial charge is 0.383 e. The quantitative estimate of drug-likeness (QED) is 0.607. The van der Waals surface area contributed by atoms with Gasteiger partial charge >= 0.3 is 5.69 Å². The number of benzene rings is 1. The van der Waals surface area contributed by atoms with Gasteiger partial charge in [0.1, 0.15) is 5.82 Å². The highest BCUT2D eigenvalue weighted by Crippen LogP contribution is 2.22. The number of nitrogen functional groups attached to an aromatic ring is 1. The summed E-state index contributed by atoms with van der Waals surface area (Å²) in [7, 11) is 1.49. The molecule has 0 atom stereocenters. The number of rotatable bonds is 7. The standard InChI is InChI=1S/C21H23N5O4/c1-14-8-9-16(12-23-14)20(28)26(13-15-6-4-3-5-7-15)17-18(22)25(10-11-30-2)21(29)24-19(17)27/h3-9,12H,10-11,13,22H2,1-2H3,(H,24,27,29). The van der Waals surface area contributed by atoms with E-state index in [-0.39, 0.29) is 31.2 Å². The Morgan fingerprint density at radius 3 is 2.57 bits per heavy atom. The van der Waals surface area contributed by atoms with Crippen molar-refractivity contribution in [1.29, 1.82) is 0 Å². The van der Waals surface area contributed by atoms with E-state index in [0.29, 0.717) is 5.56 Å². The first-order valence-electron chi connectivity index (χ1n) is 9.32. The van der Waals surface area contributed by atoms with Crippen LogP contribution >= 0.6 is 0 Å². The number of aryl methyl sites for hydroxylation is 1. The molecule has 0 unspecified atom stereocenters. The van der Waals surface area contributed by atoms with E-state index in [1.165, 1.54) is 22.8 Å². The number of hydrogen-bond donors (Lipinski definition) is 2. The Kier molecular flexibility index (Phi) is 6.43. The Labute approximate surface area is 172 Å². The van der Waals surface area contributed by atoms with E-state index in [9.17, 15) is 14.4 Å². The van der Waals surface area contributed by atoms with E-state index < -0.39 is 17.2 Å². The molecule has 2 heterocycles. The molecule has 0 aliphatic rings. The summed E-state index contributed by atoms with van der Waals surface area (Å²) in [5, 5.41) is 0. The summed E-state index contributed by atoms with van der Waals surface area (Å²) in [6.07, 6.45) is 1.45. The maximum Gasteiger partial charge on any atom is 0.330 e. The van der Waals surface area contributed by atoms with E-state index in [2.05, 4.69) is 9.97 Å².